The smallest absolute Gasteiger partial charge is 0.322 e. The van der Waals surface area contributed by atoms with E-state index in [0.29, 0.717) is 5.56 Å². The van der Waals surface area contributed by atoms with Gasteiger partial charge in [0.05, 0.1) is 18.6 Å². The Balaban J connectivity index is 2.95. The van der Waals surface area contributed by atoms with E-state index in [1.54, 1.807) is 30.3 Å². The molecular formula is C19H26N4O8. The molecule has 0 radical (unpaired) electrons. The normalized spacial score (nSPS) is 14.4. The molecule has 0 fully saturated rings. The second-order valence-corrected chi connectivity index (χ2v) is 6.79. The summed E-state index contributed by atoms with van der Waals surface area (Å²) < 4.78 is 0. The van der Waals surface area contributed by atoms with Gasteiger partial charge in [0.25, 0.3) is 0 Å². The number of carbonyl (C=O) groups excluding carboxylic acids is 3. The van der Waals surface area contributed by atoms with E-state index in [2.05, 4.69) is 16.0 Å². The first-order chi connectivity index (χ1) is 14.5. The lowest BCUT2D eigenvalue weighted by molar-refractivity contribution is -0.140. The largest absolute Gasteiger partial charge is 0.481 e. The predicted molar refractivity (Wildman–Crippen MR) is 107 cm³/mol. The molecule has 170 valence electrons. The highest BCUT2D eigenvalue weighted by Crippen LogP contribution is 2.05. The van der Waals surface area contributed by atoms with Crippen LogP contribution in [0.1, 0.15) is 18.9 Å². The molecule has 12 nitrogen and oxygen atoms in total. The Morgan fingerprint density at radius 3 is 2.06 bits per heavy atom. The second-order valence-electron chi connectivity index (χ2n) is 6.79. The quantitative estimate of drug-likeness (QED) is 0.185. The lowest BCUT2D eigenvalue weighted by Gasteiger charge is -2.25. The molecular weight excluding hydrogens is 412 g/mol. The molecule has 0 aliphatic carbocycles. The first kappa shape index (κ1) is 25.5. The highest BCUT2D eigenvalue weighted by Gasteiger charge is 2.31. The number of aliphatic hydroxyl groups excluding tert-OH is 1. The minimum Gasteiger partial charge on any atom is -0.481 e. The van der Waals surface area contributed by atoms with Gasteiger partial charge in [-0.25, -0.2) is 0 Å². The predicted octanol–water partition coefficient (Wildman–Crippen LogP) is -2.42. The highest BCUT2D eigenvalue weighted by atomic mass is 16.4. The summed E-state index contributed by atoms with van der Waals surface area (Å²) >= 11 is 0. The molecule has 1 aromatic carbocycles. The maximum Gasteiger partial charge on any atom is 0.322 e. The average Bonchev–Trinajstić information content (AvgIpc) is 2.69. The van der Waals surface area contributed by atoms with Crippen LogP contribution < -0.4 is 21.7 Å². The SMILES string of the molecule is CC(O)C(NC(=O)C(N)CC(=O)O)C(=O)NC(Cc1ccccc1)C(=O)NCC(=O)O. The van der Waals surface area contributed by atoms with Crippen LogP contribution in [0.15, 0.2) is 30.3 Å². The van der Waals surface area contributed by atoms with Crippen molar-refractivity contribution in [3.63, 3.8) is 0 Å². The molecule has 0 aliphatic rings. The molecule has 0 bridgehead atoms. The van der Waals surface area contributed by atoms with Crippen molar-refractivity contribution in [2.24, 2.45) is 5.73 Å². The van der Waals surface area contributed by atoms with E-state index in [4.69, 9.17) is 15.9 Å². The highest BCUT2D eigenvalue weighted by molar-refractivity contribution is 5.94. The zero-order valence-electron chi connectivity index (χ0n) is 16.8. The second kappa shape index (κ2) is 12.2. The van der Waals surface area contributed by atoms with Crippen molar-refractivity contribution in [1.82, 2.24) is 16.0 Å². The number of nitrogens with two attached hydrogens (primary N) is 1. The number of hydrogen-bond donors (Lipinski definition) is 7. The van der Waals surface area contributed by atoms with Gasteiger partial charge in [-0.15, -0.1) is 0 Å². The van der Waals surface area contributed by atoms with Crippen LogP contribution in [0.25, 0.3) is 0 Å². The molecule has 0 aromatic heterocycles. The average molecular weight is 438 g/mol. The van der Waals surface area contributed by atoms with E-state index in [9.17, 15) is 29.1 Å². The molecule has 0 saturated heterocycles. The third-order valence-electron chi connectivity index (χ3n) is 4.12. The molecule has 8 N–H and O–H groups in total. The molecule has 4 unspecified atom stereocenters. The number of benzene rings is 1. The summed E-state index contributed by atoms with van der Waals surface area (Å²) in [5.74, 6) is -5.29. The summed E-state index contributed by atoms with van der Waals surface area (Å²) in [6.45, 7) is 0.546. The van der Waals surface area contributed by atoms with Crippen LogP contribution in [-0.4, -0.2) is 75.8 Å². The van der Waals surface area contributed by atoms with E-state index in [1.165, 1.54) is 6.92 Å². The standard InChI is InChI=1S/C19H26N4O8/c1-10(24)16(23-17(29)12(20)8-14(25)26)19(31)22-13(18(30)21-9-15(27)28)7-11-5-3-2-4-6-11/h2-6,10,12-13,16,24H,7-9,20H2,1H3,(H,21,30)(H,22,31)(H,23,29)(H,25,26)(H,27,28). The molecule has 1 rings (SSSR count). The Kier molecular flexibility index (Phi) is 10.1. The summed E-state index contributed by atoms with van der Waals surface area (Å²) in [7, 11) is 0. The molecule has 12 heteroatoms. The summed E-state index contributed by atoms with van der Waals surface area (Å²) in [6.07, 6.45) is -2.08. The van der Waals surface area contributed by atoms with E-state index in [1.807, 2.05) is 0 Å². The summed E-state index contributed by atoms with van der Waals surface area (Å²) in [6, 6.07) is 4.38. The number of aliphatic carboxylic acids is 2. The van der Waals surface area contributed by atoms with Crippen LogP contribution in [0.5, 0.6) is 0 Å². The minimum atomic E-state index is -1.53. The van der Waals surface area contributed by atoms with Gasteiger partial charge in [-0.3, -0.25) is 24.0 Å². The molecule has 0 heterocycles. The van der Waals surface area contributed by atoms with Crippen LogP contribution in [0.3, 0.4) is 0 Å². The molecule has 1 aromatic rings. The minimum absolute atomic E-state index is 0.0109. The third kappa shape index (κ3) is 9.23. The van der Waals surface area contributed by atoms with Gasteiger partial charge in [0.2, 0.25) is 17.7 Å². The Hall–Kier alpha value is -3.51. The summed E-state index contributed by atoms with van der Waals surface area (Å²) in [5.41, 5.74) is 6.13. The molecule has 0 spiro atoms. The van der Waals surface area contributed by atoms with Gasteiger partial charge >= 0.3 is 11.9 Å². The van der Waals surface area contributed by atoms with Crippen molar-refractivity contribution in [3.05, 3.63) is 35.9 Å². The fourth-order valence-corrected chi connectivity index (χ4v) is 2.55. The molecule has 0 saturated carbocycles. The maximum atomic E-state index is 12.7. The number of carboxylic acid groups (broad SMARTS) is 2. The summed E-state index contributed by atoms with van der Waals surface area (Å²) in [4.78, 5) is 58.6. The van der Waals surface area contributed by atoms with Gasteiger partial charge in [-0.2, -0.15) is 0 Å². The number of hydrogen-bond acceptors (Lipinski definition) is 7. The Labute approximate surface area is 177 Å². The van der Waals surface area contributed by atoms with Crippen LogP contribution in [0, 0.1) is 0 Å². The molecule has 0 aliphatic heterocycles. The van der Waals surface area contributed by atoms with Crippen LogP contribution in [-0.2, 0) is 30.4 Å². The lowest BCUT2D eigenvalue weighted by Crippen LogP contribution is -2.59. The maximum absolute atomic E-state index is 12.7. The zero-order chi connectivity index (χ0) is 23.6. The van der Waals surface area contributed by atoms with E-state index in [0.717, 1.165) is 0 Å². The third-order valence-corrected chi connectivity index (χ3v) is 4.12. The van der Waals surface area contributed by atoms with Crippen molar-refractivity contribution in [3.8, 4) is 0 Å². The van der Waals surface area contributed by atoms with Crippen molar-refractivity contribution < 1.29 is 39.3 Å². The number of amides is 3. The van der Waals surface area contributed by atoms with Gasteiger partial charge in [0.15, 0.2) is 0 Å². The number of rotatable bonds is 12. The van der Waals surface area contributed by atoms with Crippen molar-refractivity contribution >= 4 is 29.7 Å². The summed E-state index contributed by atoms with van der Waals surface area (Å²) in [5, 5.41) is 34.1. The molecule has 4 atom stereocenters. The fraction of sp³-hybridized carbons (Fsp3) is 0.421. The number of aliphatic hydroxyl groups is 1. The van der Waals surface area contributed by atoms with Crippen LogP contribution in [0.2, 0.25) is 0 Å². The monoisotopic (exact) mass is 438 g/mol. The number of carboxylic acids is 2. The van der Waals surface area contributed by atoms with Crippen LogP contribution in [0.4, 0.5) is 0 Å². The van der Waals surface area contributed by atoms with E-state index >= 15 is 0 Å². The van der Waals surface area contributed by atoms with Gasteiger partial charge in [-0.1, -0.05) is 30.3 Å². The van der Waals surface area contributed by atoms with Crippen molar-refractivity contribution in [1.29, 1.82) is 0 Å². The Bertz CT molecular complexity index is 799. The number of carbonyl (C=O) groups is 5. The lowest BCUT2D eigenvalue weighted by atomic mass is 10.0. The van der Waals surface area contributed by atoms with Crippen LogP contribution >= 0.6 is 0 Å². The Morgan fingerprint density at radius 1 is 0.935 bits per heavy atom. The van der Waals surface area contributed by atoms with Crippen molar-refractivity contribution in [2.45, 2.75) is 44.0 Å². The van der Waals surface area contributed by atoms with Gasteiger partial charge < -0.3 is 37.0 Å². The van der Waals surface area contributed by atoms with Crippen molar-refractivity contribution in [2.75, 3.05) is 6.54 Å². The molecule has 31 heavy (non-hydrogen) atoms. The van der Waals surface area contributed by atoms with Gasteiger partial charge in [0, 0.05) is 6.42 Å². The van der Waals surface area contributed by atoms with Gasteiger partial charge in [0.1, 0.15) is 18.6 Å². The van der Waals surface area contributed by atoms with E-state index < -0.39 is 66.9 Å². The zero-order valence-corrected chi connectivity index (χ0v) is 16.8. The first-order valence-corrected chi connectivity index (χ1v) is 9.30. The fourth-order valence-electron chi connectivity index (χ4n) is 2.55. The number of nitrogens with one attached hydrogen (secondary N) is 3. The van der Waals surface area contributed by atoms with Gasteiger partial charge in [-0.05, 0) is 12.5 Å². The first-order valence-electron chi connectivity index (χ1n) is 9.30. The van der Waals surface area contributed by atoms with E-state index in [-0.39, 0.29) is 6.42 Å². The topological polar surface area (TPSA) is 208 Å². The molecule has 3 amide bonds. The Morgan fingerprint density at radius 2 is 1.55 bits per heavy atom.